The first kappa shape index (κ1) is 7.20. The molecule has 0 aliphatic rings. The molecule has 10 heavy (non-hydrogen) atoms. The molecule has 0 saturated carbocycles. The minimum Gasteiger partial charge on any atom is -0.388 e. The highest BCUT2D eigenvalue weighted by Gasteiger charge is 1.92. The van der Waals surface area contributed by atoms with Crippen LogP contribution in [0.3, 0.4) is 0 Å². The summed E-state index contributed by atoms with van der Waals surface area (Å²) < 4.78 is 0. The van der Waals surface area contributed by atoms with Gasteiger partial charge >= 0.3 is 0 Å². The largest absolute Gasteiger partial charge is 0.388 e. The van der Waals surface area contributed by atoms with Crippen LogP contribution in [0.1, 0.15) is 5.56 Å². The smallest absolute Gasteiger partial charge is 0.113 e. The molecular formula is C8H10BN. The Balaban J connectivity index is 3.09. The average Bonchev–Trinajstić information content (AvgIpc) is 1.94. The average molecular weight is 131 g/mol. The first-order valence-corrected chi connectivity index (χ1v) is 3.28. The Labute approximate surface area is 62.9 Å². The Kier molecular flexibility index (Phi) is 2.00. The fourth-order valence-corrected chi connectivity index (χ4v) is 0.909. The molecule has 0 atom stereocenters. The van der Waals surface area contributed by atoms with Crippen molar-refractivity contribution >= 4 is 19.0 Å². The molecule has 1 N–H and O–H groups in total. The van der Waals surface area contributed by atoms with Crippen LogP contribution < -0.4 is 10.8 Å². The summed E-state index contributed by atoms with van der Waals surface area (Å²) in [6.07, 6.45) is 0. The van der Waals surface area contributed by atoms with E-state index in [2.05, 4.69) is 5.32 Å². The molecule has 1 aromatic rings. The second-order valence-corrected chi connectivity index (χ2v) is 2.32. The Bertz CT molecular complexity index is 233. The monoisotopic (exact) mass is 131 g/mol. The van der Waals surface area contributed by atoms with Gasteiger partial charge in [0.25, 0.3) is 0 Å². The Morgan fingerprint density at radius 2 is 2.10 bits per heavy atom. The highest BCUT2D eigenvalue weighted by atomic mass is 14.8. The number of hydrogen-bond donors (Lipinski definition) is 1. The predicted octanol–water partition coefficient (Wildman–Crippen LogP) is 0.831. The predicted molar refractivity (Wildman–Crippen MR) is 46.1 cm³/mol. The van der Waals surface area contributed by atoms with Crippen LogP contribution in [0, 0.1) is 6.92 Å². The minimum absolute atomic E-state index is 0.801. The van der Waals surface area contributed by atoms with Crippen LogP contribution in [0.4, 0.5) is 5.69 Å². The first-order chi connectivity index (χ1) is 4.74. The lowest BCUT2D eigenvalue weighted by molar-refractivity contribution is 1.42. The van der Waals surface area contributed by atoms with E-state index >= 15 is 0 Å². The summed E-state index contributed by atoms with van der Waals surface area (Å²) >= 11 is 0. The summed E-state index contributed by atoms with van der Waals surface area (Å²) in [4.78, 5) is 0. The highest BCUT2D eigenvalue weighted by molar-refractivity contribution is 6.32. The number of nitrogens with one attached hydrogen (secondary N) is 1. The number of benzene rings is 1. The van der Waals surface area contributed by atoms with Crippen molar-refractivity contribution in [2.75, 3.05) is 12.4 Å². The summed E-state index contributed by atoms with van der Waals surface area (Å²) in [7, 11) is 7.45. The summed E-state index contributed by atoms with van der Waals surface area (Å²) in [5.41, 5.74) is 3.12. The molecule has 0 bridgehead atoms. The van der Waals surface area contributed by atoms with Gasteiger partial charge in [-0.15, -0.1) is 0 Å². The molecule has 0 spiro atoms. The molecule has 0 saturated heterocycles. The van der Waals surface area contributed by atoms with Crippen molar-refractivity contribution in [3.05, 3.63) is 23.8 Å². The lowest BCUT2D eigenvalue weighted by atomic mass is 9.94. The number of hydrogen-bond acceptors (Lipinski definition) is 1. The van der Waals surface area contributed by atoms with Crippen molar-refractivity contribution in [1.82, 2.24) is 0 Å². The second kappa shape index (κ2) is 2.78. The van der Waals surface area contributed by atoms with Crippen molar-refractivity contribution in [3.8, 4) is 0 Å². The fraction of sp³-hybridized carbons (Fsp3) is 0.250. The third-order valence-electron chi connectivity index (χ3n) is 1.53. The van der Waals surface area contributed by atoms with Crippen LogP contribution in [0.15, 0.2) is 18.2 Å². The Morgan fingerprint density at radius 1 is 1.40 bits per heavy atom. The van der Waals surface area contributed by atoms with Crippen LogP contribution in [-0.4, -0.2) is 14.9 Å². The van der Waals surface area contributed by atoms with E-state index in [9.17, 15) is 0 Å². The van der Waals surface area contributed by atoms with Gasteiger partial charge in [-0.2, -0.15) is 0 Å². The number of aryl methyl sites for hydroxylation is 1. The molecule has 0 heterocycles. The number of anilines is 1. The molecule has 0 fully saturated rings. The third kappa shape index (κ3) is 1.32. The van der Waals surface area contributed by atoms with E-state index in [1.54, 1.807) is 0 Å². The van der Waals surface area contributed by atoms with E-state index in [1.807, 2.05) is 32.2 Å². The zero-order chi connectivity index (χ0) is 7.56. The van der Waals surface area contributed by atoms with Crippen molar-refractivity contribution in [3.63, 3.8) is 0 Å². The molecule has 0 aliphatic carbocycles. The van der Waals surface area contributed by atoms with Crippen molar-refractivity contribution in [1.29, 1.82) is 0 Å². The maximum atomic E-state index is 5.56. The van der Waals surface area contributed by atoms with Crippen molar-refractivity contribution < 1.29 is 0 Å². The Morgan fingerprint density at radius 3 is 2.60 bits per heavy atom. The van der Waals surface area contributed by atoms with E-state index in [4.69, 9.17) is 7.85 Å². The zero-order valence-corrected chi connectivity index (χ0v) is 6.31. The topological polar surface area (TPSA) is 12.0 Å². The van der Waals surface area contributed by atoms with Gasteiger partial charge in [0.2, 0.25) is 0 Å². The Hall–Kier alpha value is -0.915. The van der Waals surface area contributed by atoms with Crippen LogP contribution in [0.5, 0.6) is 0 Å². The van der Waals surface area contributed by atoms with Gasteiger partial charge in [-0.05, 0) is 18.6 Å². The van der Waals surface area contributed by atoms with Gasteiger partial charge in [0.05, 0.1) is 0 Å². The van der Waals surface area contributed by atoms with Crippen LogP contribution in [0.2, 0.25) is 0 Å². The summed E-state index contributed by atoms with van der Waals surface area (Å²) in [6.45, 7) is 2.05. The quantitative estimate of drug-likeness (QED) is 0.556. The summed E-state index contributed by atoms with van der Waals surface area (Å²) in [5.74, 6) is 0. The van der Waals surface area contributed by atoms with E-state index in [-0.39, 0.29) is 0 Å². The van der Waals surface area contributed by atoms with Gasteiger partial charge < -0.3 is 5.32 Å². The van der Waals surface area contributed by atoms with E-state index in [1.165, 1.54) is 5.56 Å². The lowest BCUT2D eigenvalue weighted by Gasteiger charge is -2.04. The number of rotatable bonds is 1. The molecule has 2 radical (unpaired) electrons. The van der Waals surface area contributed by atoms with E-state index in [0.29, 0.717) is 0 Å². The van der Waals surface area contributed by atoms with Gasteiger partial charge in [0.1, 0.15) is 7.85 Å². The van der Waals surface area contributed by atoms with Crippen LogP contribution in [-0.2, 0) is 0 Å². The molecule has 0 aliphatic heterocycles. The molecule has 1 nitrogen and oxygen atoms in total. The third-order valence-corrected chi connectivity index (χ3v) is 1.53. The van der Waals surface area contributed by atoms with Gasteiger partial charge in [-0.25, -0.2) is 0 Å². The normalized spacial score (nSPS) is 9.40. The minimum atomic E-state index is 0.801. The highest BCUT2D eigenvalue weighted by Crippen LogP contribution is 2.09. The molecule has 2 heteroatoms. The van der Waals surface area contributed by atoms with Gasteiger partial charge in [-0.1, -0.05) is 17.6 Å². The summed E-state index contributed by atoms with van der Waals surface area (Å²) in [5, 5.41) is 3.06. The van der Waals surface area contributed by atoms with E-state index in [0.717, 1.165) is 11.2 Å². The standard InChI is InChI=1S/C8H10BN/c1-6-3-4-7(9)5-8(6)10-2/h3-5,10H,1-2H3. The van der Waals surface area contributed by atoms with E-state index < -0.39 is 0 Å². The van der Waals surface area contributed by atoms with Gasteiger partial charge in [0.15, 0.2) is 0 Å². The van der Waals surface area contributed by atoms with Gasteiger partial charge in [-0.3, -0.25) is 0 Å². The van der Waals surface area contributed by atoms with Crippen molar-refractivity contribution in [2.45, 2.75) is 6.92 Å². The molecule has 0 unspecified atom stereocenters. The maximum absolute atomic E-state index is 5.56. The molecule has 50 valence electrons. The molecule has 0 amide bonds. The lowest BCUT2D eigenvalue weighted by Crippen LogP contribution is -2.04. The fourth-order valence-electron chi connectivity index (χ4n) is 0.909. The SMILES string of the molecule is [B]c1ccc(C)c(NC)c1. The maximum Gasteiger partial charge on any atom is 0.113 e. The van der Waals surface area contributed by atoms with Crippen LogP contribution >= 0.6 is 0 Å². The molecule has 1 aromatic carbocycles. The summed E-state index contributed by atoms with van der Waals surface area (Å²) in [6, 6.07) is 5.83. The van der Waals surface area contributed by atoms with Crippen molar-refractivity contribution in [2.24, 2.45) is 0 Å². The molecule has 0 aromatic heterocycles. The zero-order valence-electron chi connectivity index (χ0n) is 6.31. The molecular weight excluding hydrogens is 121 g/mol. The molecule has 1 rings (SSSR count). The first-order valence-electron chi connectivity index (χ1n) is 3.28. The second-order valence-electron chi connectivity index (χ2n) is 2.32. The van der Waals surface area contributed by atoms with Crippen LogP contribution in [0.25, 0.3) is 0 Å². The van der Waals surface area contributed by atoms with Gasteiger partial charge in [0, 0.05) is 12.7 Å².